The standard InChI is InChI=1S/C12H17BrN2O/c13-10-6-1-2-7-11-16-15-14-12-8-4-3-5-9-12/h3-5,8-9H,1-2,6-7,10-11H2. The van der Waals surface area contributed by atoms with Crippen molar-refractivity contribution in [2.75, 3.05) is 11.9 Å². The van der Waals surface area contributed by atoms with Gasteiger partial charge in [0.15, 0.2) is 0 Å². The molecule has 0 fully saturated rings. The summed E-state index contributed by atoms with van der Waals surface area (Å²) in [5, 5.41) is 8.70. The van der Waals surface area contributed by atoms with Gasteiger partial charge in [0.1, 0.15) is 6.61 Å². The van der Waals surface area contributed by atoms with Crippen LogP contribution in [0.25, 0.3) is 0 Å². The summed E-state index contributed by atoms with van der Waals surface area (Å²) in [6, 6.07) is 9.58. The van der Waals surface area contributed by atoms with Crippen LogP contribution >= 0.6 is 15.9 Å². The third-order valence-electron chi connectivity index (χ3n) is 2.09. The van der Waals surface area contributed by atoms with Crippen LogP contribution in [-0.2, 0) is 4.84 Å². The zero-order valence-electron chi connectivity index (χ0n) is 9.31. The molecule has 0 atom stereocenters. The van der Waals surface area contributed by atoms with E-state index >= 15 is 0 Å². The zero-order valence-corrected chi connectivity index (χ0v) is 10.9. The van der Waals surface area contributed by atoms with Gasteiger partial charge in [-0.2, -0.15) is 0 Å². The molecule has 0 unspecified atom stereocenters. The van der Waals surface area contributed by atoms with Gasteiger partial charge in [-0.05, 0) is 31.4 Å². The molecule has 0 spiro atoms. The Morgan fingerprint density at radius 1 is 1.00 bits per heavy atom. The molecule has 0 N–H and O–H groups in total. The van der Waals surface area contributed by atoms with E-state index in [0.717, 1.165) is 17.4 Å². The van der Waals surface area contributed by atoms with E-state index in [1.165, 1.54) is 19.3 Å². The van der Waals surface area contributed by atoms with Crippen molar-refractivity contribution >= 4 is 21.6 Å². The Kier molecular flexibility index (Phi) is 7.68. The Morgan fingerprint density at radius 2 is 1.75 bits per heavy atom. The molecule has 0 saturated heterocycles. The lowest BCUT2D eigenvalue weighted by atomic mass is 10.2. The van der Waals surface area contributed by atoms with Crippen LogP contribution in [0.15, 0.2) is 40.7 Å². The number of nitrogens with zero attached hydrogens (tertiary/aromatic N) is 2. The van der Waals surface area contributed by atoms with Gasteiger partial charge in [-0.15, -0.1) is 5.11 Å². The highest BCUT2D eigenvalue weighted by Crippen LogP contribution is 2.10. The van der Waals surface area contributed by atoms with Gasteiger partial charge in [0.2, 0.25) is 0 Å². The fourth-order valence-electron chi connectivity index (χ4n) is 1.23. The van der Waals surface area contributed by atoms with Gasteiger partial charge in [0.05, 0.1) is 5.69 Å². The number of hydrogen-bond donors (Lipinski definition) is 0. The molecular formula is C12H17BrN2O. The van der Waals surface area contributed by atoms with Crippen LogP contribution in [0.3, 0.4) is 0 Å². The number of rotatable bonds is 8. The Balaban J connectivity index is 2.01. The number of unbranched alkanes of at least 4 members (excludes halogenated alkanes) is 3. The van der Waals surface area contributed by atoms with Crippen molar-refractivity contribution in [1.82, 2.24) is 0 Å². The molecule has 4 heteroatoms. The first-order valence-corrected chi connectivity index (χ1v) is 6.69. The predicted molar refractivity (Wildman–Crippen MR) is 69.2 cm³/mol. The molecule has 3 nitrogen and oxygen atoms in total. The number of benzene rings is 1. The smallest absolute Gasteiger partial charge is 0.119 e. The summed E-state index contributed by atoms with van der Waals surface area (Å²) in [7, 11) is 0. The van der Waals surface area contributed by atoms with Gasteiger partial charge < -0.3 is 4.84 Å². The van der Waals surface area contributed by atoms with Crippen LogP contribution in [0, 0.1) is 0 Å². The van der Waals surface area contributed by atoms with E-state index in [4.69, 9.17) is 4.84 Å². The van der Waals surface area contributed by atoms with Crippen molar-refractivity contribution in [3.63, 3.8) is 0 Å². The molecule has 0 aliphatic carbocycles. The molecule has 1 rings (SSSR count). The lowest BCUT2D eigenvalue weighted by Crippen LogP contribution is -1.87. The summed E-state index contributed by atoms with van der Waals surface area (Å²) in [5.41, 5.74) is 0.821. The SMILES string of the molecule is BrCCCCCCON=Nc1ccccc1. The Morgan fingerprint density at radius 3 is 2.50 bits per heavy atom. The summed E-state index contributed by atoms with van der Waals surface area (Å²) in [6.45, 7) is 0.651. The second-order valence-electron chi connectivity index (χ2n) is 3.45. The van der Waals surface area contributed by atoms with Crippen molar-refractivity contribution in [2.24, 2.45) is 10.4 Å². The topological polar surface area (TPSA) is 34.0 Å². The van der Waals surface area contributed by atoms with Gasteiger partial charge in [-0.25, -0.2) is 0 Å². The third kappa shape index (κ3) is 6.56. The Labute approximate surface area is 105 Å². The van der Waals surface area contributed by atoms with Gasteiger partial charge in [-0.3, -0.25) is 0 Å². The monoisotopic (exact) mass is 284 g/mol. The lowest BCUT2D eigenvalue weighted by Gasteiger charge is -1.97. The highest BCUT2D eigenvalue weighted by molar-refractivity contribution is 9.09. The van der Waals surface area contributed by atoms with Crippen LogP contribution in [0.5, 0.6) is 0 Å². The van der Waals surface area contributed by atoms with Gasteiger partial charge in [0.25, 0.3) is 0 Å². The summed E-state index contributed by atoms with van der Waals surface area (Å²) in [5.74, 6) is 0. The first-order chi connectivity index (χ1) is 7.93. The van der Waals surface area contributed by atoms with Crippen molar-refractivity contribution in [1.29, 1.82) is 0 Å². The van der Waals surface area contributed by atoms with Crippen molar-refractivity contribution in [3.8, 4) is 0 Å². The second kappa shape index (κ2) is 9.33. The van der Waals surface area contributed by atoms with Gasteiger partial charge >= 0.3 is 0 Å². The van der Waals surface area contributed by atoms with Crippen LogP contribution in [-0.4, -0.2) is 11.9 Å². The van der Waals surface area contributed by atoms with E-state index in [9.17, 15) is 0 Å². The minimum Gasteiger partial charge on any atom is -0.379 e. The van der Waals surface area contributed by atoms with E-state index in [1.54, 1.807) is 0 Å². The highest BCUT2D eigenvalue weighted by Gasteiger charge is 1.89. The van der Waals surface area contributed by atoms with E-state index in [2.05, 4.69) is 26.3 Å². The average Bonchev–Trinajstić information content (AvgIpc) is 2.34. The Hall–Kier alpha value is -0.900. The van der Waals surface area contributed by atoms with Crippen LogP contribution < -0.4 is 0 Å². The summed E-state index contributed by atoms with van der Waals surface area (Å²) < 4.78 is 0. The average molecular weight is 285 g/mol. The first-order valence-electron chi connectivity index (χ1n) is 5.57. The highest BCUT2D eigenvalue weighted by atomic mass is 79.9. The molecule has 1 aromatic rings. The predicted octanol–water partition coefficient (Wildman–Crippen LogP) is 4.66. The first kappa shape index (κ1) is 13.2. The molecule has 1 aromatic carbocycles. The lowest BCUT2D eigenvalue weighted by molar-refractivity contribution is 0.121. The quantitative estimate of drug-likeness (QED) is 0.296. The number of alkyl halides is 1. The minimum atomic E-state index is 0.651. The van der Waals surface area contributed by atoms with Crippen LogP contribution in [0.2, 0.25) is 0 Å². The zero-order chi connectivity index (χ0) is 11.5. The van der Waals surface area contributed by atoms with Crippen LogP contribution in [0.1, 0.15) is 25.7 Å². The Bertz CT molecular complexity index is 290. The second-order valence-corrected chi connectivity index (χ2v) is 4.25. The van der Waals surface area contributed by atoms with E-state index in [-0.39, 0.29) is 0 Å². The summed E-state index contributed by atoms with van der Waals surface area (Å²) >= 11 is 3.40. The number of hydrogen-bond acceptors (Lipinski definition) is 3. The van der Waals surface area contributed by atoms with Gasteiger partial charge in [0, 0.05) is 10.6 Å². The fraction of sp³-hybridized carbons (Fsp3) is 0.500. The molecule has 0 bridgehead atoms. The summed E-state index contributed by atoms with van der Waals surface area (Å²) in [4.78, 5) is 5.06. The minimum absolute atomic E-state index is 0.651. The molecule has 16 heavy (non-hydrogen) atoms. The summed E-state index contributed by atoms with van der Waals surface area (Å²) in [6.07, 6.45) is 4.70. The molecule has 0 aliphatic heterocycles. The molecule has 0 amide bonds. The molecule has 0 saturated carbocycles. The third-order valence-corrected chi connectivity index (χ3v) is 2.65. The van der Waals surface area contributed by atoms with Gasteiger partial charge in [-0.1, -0.05) is 40.5 Å². The van der Waals surface area contributed by atoms with Crippen molar-refractivity contribution in [3.05, 3.63) is 30.3 Å². The fourth-order valence-corrected chi connectivity index (χ4v) is 1.62. The molecule has 0 heterocycles. The number of halogens is 1. The normalized spacial score (nSPS) is 10.8. The maximum atomic E-state index is 5.06. The van der Waals surface area contributed by atoms with Crippen molar-refractivity contribution < 1.29 is 4.84 Å². The maximum absolute atomic E-state index is 5.06. The van der Waals surface area contributed by atoms with E-state index in [1.807, 2.05) is 30.3 Å². The maximum Gasteiger partial charge on any atom is 0.119 e. The molecule has 0 radical (unpaired) electrons. The molecular weight excluding hydrogens is 268 g/mol. The van der Waals surface area contributed by atoms with E-state index < -0.39 is 0 Å². The molecule has 0 aromatic heterocycles. The molecule has 0 aliphatic rings. The largest absolute Gasteiger partial charge is 0.379 e. The van der Waals surface area contributed by atoms with E-state index in [0.29, 0.717) is 6.61 Å². The van der Waals surface area contributed by atoms with Crippen LogP contribution in [0.4, 0.5) is 5.69 Å². The van der Waals surface area contributed by atoms with Crippen molar-refractivity contribution in [2.45, 2.75) is 25.7 Å². The molecule has 88 valence electrons.